The number of hydrogen-bond acceptors (Lipinski definition) is 5. The SMILES string of the molecule is O=C(CCN(C(=O)c1cccc(F)c1)C1CCCCC1)Nc1nnc(-c2ccc(Cl)cc2)s1. The normalized spacial score (nSPS) is 14.1. The topological polar surface area (TPSA) is 75.2 Å². The van der Waals surface area contributed by atoms with Gasteiger partial charge in [0.2, 0.25) is 11.0 Å². The molecule has 4 rings (SSSR count). The highest BCUT2D eigenvalue weighted by molar-refractivity contribution is 7.18. The summed E-state index contributed by atoms with van der Waals surface area (Å²) in [5.74, 6) is -0.938. The van der Waals surface area contributed by atoms with Gasteiger partial charge in [-0.15, -0.1) is 10.2 Å². The maximum atomic E-state index is 13.7. The molecule has 1 fully saturated rings. The first kappa shape index (κ1) is 23.3. The molecule has 0 bridgehead atoms. The van der Waals surface area contributed by atoms with Crippen LogP contribution < -0.4 is 5.32 Å². The zero-order valence-electron chi connectivity index (χ0n) is 18.0. The largest absolute Gasteiger partial charge is 0.335 e. The zero-order chi connectivity index (χ0) is 23.2. The monoisotopic (exact) mass is 486 g/mol. The van der Waals surface area contributed by atoms with Gasteiger partial charge in [-0.25, -0.2) is 4.39 Å². The molecule has 1 aliphatic carbocycles. The summed E-state index contributed by atoms with van der Waals surface area (Å²) in [6, 6.07) is 13.0. The molecule has 0 radical (unpaired) electrons. The molecule has 3 aromatic rings. The van der Waals surface area contributed by atoms with Gasteiger partial charge in [0, 0.05) is 35.2 Å². The van der Waals surface area contributed by atoms with E-state index in [1.54, 1.807) is 23.1 Å². The van der Waals surface area contributed by atoms with Crippen LogP contribution in [0.1, 0.15) is 48.9 Å². The Labute approximate surface area is 200 Å². The fourth-order valence-corrected chi connectivity index (χ4v) is 4.91. The molecule has 1 heterocycles. The van der Waals surface area contributed by atoms with Crippen LogP contribution in [0.3, 0.4) is 0 Å². The van der Waals surface area contributed by atoms with Gasteiger partial charge in [-0.3, -0.25) is 9.59 Å². The summed E-state index contributed by atoms with van der Waals surface area (Å²) >= 11 is 7.19. The van der Waals surface area contributed by atoms with Crippen molar-refractivity contribution in [3.05, 3.63) is 64.9 Å². The third-order valence-electron chi connectivity index (χ3n) is 5.69. The molecule has 33 heavy (non-hydrogen) atoms. The van der Waals surface area contributed by atoms with E-state index in [-0.39, 0.29) is 30.8 Å². The highest BCUT2D eigenvalue weighted by Crippen LogP contribution is 2.28. The summed E-state index contributed by atoms with van der Waals surface area (Å²) in [5, 5.41) is 12.6. The number of aromatic nitrogens is 2. The Morgan fingerprint density at radius 1 is 1.09 bits per heavy atom. The molecule has 0 atom stereocenters. The van der Waals surface area contributed by atoms with Crippen LogP contribution in [0, 0.1) is 5.82 Å². The molecule has 0 aliphatic heterocycles. The van der Waals surface area contributed by atoms with Crippen molar-refractivity contribution in [2.24, 2.45) is 0 Å². The number of halogens is 2. The van der Waals surface area contributed by atoms with Crippen LogP contribution in [-0.4, -0.2) is 39.5 Å². The highest BCUT2D eigenvalue weighted by atomic mass is 35.5. The highest BCUT2D eigenvalue weighted by Gasteiger charge is 2.27. The Hall–Kier alpha value is -2.84. The third-order valence-corrected chi connectivity index (χ3v) is 6.83. The average Bonchev–Trinajstić information content (AvgIpc) is 3.28. The van der Waals surface area contributed by atoms with Crippen molar-refractivity contribution in [2.45, 2.75) is 44.6 Å². The first-order chi connectivity index (χ1) is 16.0. The summed E-state index contributed by atoms with van der Waals surface area (Å²) in [4.78, 5) is 27.5. The number of hydrogen-bond donors (Lipinski definition) is 1. The van der Waals surface area contributed by atoms with Gasteiger partial charge in [0.05, 0.1) is 0 Å². The molecule has 1 aromatic heterocycles. The van der Waals surface area contributed by atoms with Gasteiger partial charge in [-0.1, -0.05) is 60.4 Å². The Balaban J connectivity index is 1.40. The second kappa shape index (κ2) is 10.9. The first-order valence-corrected chi connectivity index (χ1v) is 12.1. The first-order valence-electron chi connectivity index (χ1n) is 11.0. The lowest BCUT2D eigenvalue weighted by atomic mass is 9.93. The van der Waals surface area contributed by atoms with Crippen LogP contribution >= 0.6 is 22.9 Å². The van der Waals surface area contributed by atoms with E-state index in [1.165, 1.54) is 29.5 Å². The molecular formula is C24H24ClFN4O2S. The minimum atomic E-state index is -0.449. The lowest BCUT2D eigenvalue weighted by Gasteiger charge is -2.34. The molecule has 6 nitrogen and oxygen atoms in total. The van der Waals surface area contributed by atoms with Crippen molar-refractivity contribution >= 4 is 39.9 Å². The van der Waals surface area contributed by atoms with Gasteiger partial charge >= 0.3 is 0 Å². The molecule has 9 heteroatoms. The second-order valence-electron chi connectivity index (χ2n) is 8.02. The summed E-state index contributed by atoms with van der Waals surface area (Å²) in [7, 11) is 0. The fraction of sp³-hybridized carbons (Fsp3) is 0.333. The summed E-state index contributed by atoms with van der Waals surface area (Å²) in [6.45, 7) is 0.259. The maximum Gasteiger partial charge on any atom is 0.254 e. The number of carbonyl (C=O) groups excluding carboxylic acids is 2. The minimum Gasteiger partial charge on any atom is -0.335 e. The molecular weight excluding hydrogens is 463 g/mol. The standard InChI is InChI=1S/C24H24ClFN4O2S/c25-18-11-9-16(10-12-18)22-28-29-24(33-22)27-21(31)13-14-30(20-7-2-1-3-8-20)23(32)17-5-4-6-19(26)15-17/h4-6,9-12,15,20H,1-3,7-8,13-14H2,(H,27,29,31). The number of carbonyl (C=O) groups is 2. The number of anilines is 1. The van der Waals surface area contributed by atoms with Gasteiger partial charge in [-0.2, -0.15) is 0 Å². The molecule has 1 aliphatic rings. The molecule has 0 saturated heterocycles. The fourth-order valence-electron chi connectivity index (χ4n) is 4.02. The Bertz CT molecular complexity index is 1120. The Morgan fingerprint density at radius 2 is 1.85 bits per heavy atom. The Morgan fingerprint density at radius 3 is 2.58 bits per heavy atom. The molecule has 0 unspecified atom stereocenters. The van der Waals surface area contributed by atoms with E-state index in [2.05, 4.69) is 15.5 Å². The predicted octanol–water partition coefficient (Wildman–Crippen LogP) is 5.80. The van der Waals surface area contributed by atoms with Crippen LogP contribution in [-0.2, 0) is 4.79 Å². The number of benzene rings is 2. The van der Waals surface area contributed by atoms with E-state index in [0.717, 1.165) is 37.7 Å². The molecule has 2 aromatic carbocycles. The lowest BCUT2D eigenvalue weighted by molar-refractivity contribution is -0.116. The van der Waals surface area contributed by atoms with E-state index in [0.29, 0.717) is 20.7 Å². The number of amides is 2. The van der Waals surface area contributed by atoms with Gasteiger partial charge < -0.3 is 10.2 Å². The van der Waals surface area contributed by atoms with Crippen molar-refractivity contribution < 1.29 is 14.0 Å². The molecule has 0 spiro atoms. The van der Waals surface area contributed by atoms with Crippen LogP contribution in [0.5, 0.6) is 0 Å². The van der Waals surface area contributed by atoms with Gasteiger partial charge in [0.15, 0.2) is 0 Å². The summed E-state index contributed by atoms with van der Waals surface area (Å²) in [5.41, 5.74) is 1.17. The number of nitrogens with one attached hydrogen (secondary N) is 1. The predicted molar refractivity (Wildman–Crippen MR) is 128 cm³/mol. The average molecular weight is 487 g/mol. The molecule has 172 valence electrons. The van der Waals surface area contributed by atoms with Crippen LogP contribution in [0.25, 0.3) is 10.6 Å². The summed E-state index contributed by atoms with van der Waals surface area (Å²) < 4.78 is 13.7. The third kappa shape index (κ3) is 6.15. The van der Waals surface area contributed by atoms with Crippen LogP contribution in [0.15, 0.2) is 48.5 Å². The maximum absolute atomic E-state index is 13.7. The van der Waals surface area contributed by atoms with Gasteiger partial charge in [0.1, 0.15) is 10.8 Å². The van der Waals surface area contributed by atoms with Gasteiger partial charge in [0.25, 0.3) is 5.91 Å². The zero-order valence-corrected chi connectivity index (χ0v) is 19.5. The van der Waals surface area contributed by atoms with Crippen molar-refractivity contribution in [3.8, 4) is 10.6 Å². The number of rotatable bonds is 7. The smallest absolute Gasteiger partial charge is 0.254 e. The molecule has 1 N–H and O–H groups in total. The van der Waals surface area contributed by atoms with Crippen LogP contribution in [0.4, 0.5) is 9.52 Å². The minimum absolute atomic E-state index is 0.0559. The lowest BCUT2D eigenvalue weighted by Crippen LogP contribution is -2.43. The van der Waals surface area contributed by atoms with Crippen molar-refractivity contribution in [3.63, 3.8) is 0 Å². The molecule has 2 amide bonds. The van der Waals surface area contributed by atoms with E-state index in [9.17, 15) is 14.0 Å². The Kier molecular flexibility index (Phi) is 7.67. The van der Waals surface area contributed by atoms with Crippen molar-refractivity contribution in [2.75, 3.05) is 11.9 Å². The van der Waals surface area contributed by atoms with Crippen molar-refractivity contribution in [1.29, 1.82) is 0 Å². The molecule has 1 saturated carbocycles. The summed E-state index contributed by atoms with van der Waals surface area (Å²) in [6.07, 6.45) is 5.14. The van der Waals surface area contributed by atoms with Crippen molar-refractivity contribution in [1.82, 2.24) is 15.1 Å². The van der Waals surface area contributed by atoms with Gasteiger partial charge in [-0.05, 0) is 43.2 Å². The van der Waals surface area contributed by atoms with E-state index >= 15 is 0 Å². The van der Waals surface area contributed by atoms with E-state index in [4.69, 9.17) is 11.6 Å². The van der Waals surface area contributed by atoms with Crippen LogP contribution in [0.2, 0.25) is 5.02 Å². The number of nitrogens with zero attached hydrogens (tertiary/aromatic N) is 3. The second-order valence-corrected chi connectivity index (χ2v) is 9.43. The van der Waals surface area contributed by atoms with E-state index in [1.807, 2.05) is 12.1 Å². The quantitative estimate of drug-likeness (QED) is 0.458. The van der Waals surface area contributed by atoms with E-state index < -0.39 is 5.82 Å².